The van der Waals surface area contributed by atoms with Crippen molar-refractivity contribution in [1.29, 1.82) is 0 Å². The molecule has 1 aliphatic rings. The Bertz CT molecular complexity index is 688. The Morgan fingerprint density at radius 2 is 2.00 bits per heavy atom. The Morgan fingerprint density at radius 1 is 1.20 bits per heavy atom. The lowest BCUT2D eigenvalue weighted by Gasteiger charge is -2.16. The van der Waals surface area contributed by atoms with Gasteiger partial charge < -0.3 is 4.57 Å². The van der Waals surface area contributed by atoms with Crippen LogP contribution < -0.4 is 0 Å². The molecule has 0 unspecified atom stereocenters. The minimum atomic E-state index is -0.576. The van der Waals surface area contributed by atoms with Crippen LogP contribution in [0.5, 0.6) is 0 Å². The Balaban J connectivity index is 2.01. The van der Waals surface area contributed by atoms with Crippen LogP contribution in [0, 0.1) is 18.6 Å². The first-order chi connectivity index (χ1) is 9.56. The number of ketones is 1. The average molecular weight is 275 g/mol. The average Bonchev–Trinajstić information content (AvgIpc) is 2.71. The van der Waals surface area contributed by atoms with E-state index in [9.17, 15) is 13.6 Å². The van der Waals surface area contributed by atoms with Gasteiger partial charge in [0, 0.05) is 35.0 Å². The molecule has 0 amide bonds. The number of carbonyl (C=O) groups excluding carboxylic acids is 1. The highest BCUT2D eigenvalue weighted by molar-refractivity contribution is 5.98. The highest BCUT2D eigenvalue weighted by Crippen LogP contribution is 2.26. The lowest BCUT2D eigenvalue weighted by molar-refractivity contribution is 0.0972. The summed E-state index contributed by atoms with van der Waals surface area (Å²) < 4.78 is 28.7. The highest BCUT2D eigenvalue weighted by atomic mass is 19.1. The van der Waals surface area contributed by atoms with E-state index in [-0.39, 0.29) is 5.78 Å². The molecule has 2 aromatic rings. The number of benzene rings is 1. The molecule has 1 aromatic heterocycles. The molecular weight excluding hydrogens is 260 g/mol. The van der Waals surface area contributed by atoms with Crippen molar-refractivity contribution in [3.05, 3.63) is 58.4 Å². The number of nitrogens with zero attached hydrogens (tertiary/aromatic N) is 1. The van der Waals surface area contributed by atoms with Crippen molar-refractivity contribution in [2.24, 2.45) is 0 Å². The molecule has 0 N–H and O–H groups in total. The van der Waals surface area contributed by atoms with Crippen LogP contribution in [0.3, 0.4) is 0 Å². The van der Waals surface area contributed by atoms with E-state index in [1.165, 1.54) is 12.1 Å². The number of halogens is 2. The maximum atomic E-state index is 13.8. The Kier molecular flexibility index (Phi) is 3.16. The maximum absolute atomic E-state index is 13.8. The number of fused-ring (bicyclic) bond motifs is 1. The van der Waals surface area contributed by atoms with Crippen molar-refractivity contribution in [2.75, 3.05) is 0 Å². The van der Waals surface area contributed by atoms with Crippen molar-refractivity contribution in [2.45, 2.75) is 32.7 Å². The number of carbonyl (C=O) groups is 1. The maximum Gasteiger partial charge on any atom is 0.164 e. The standard InChI is InChI=1S/C16H15F2NO/c1-10-7-13-15(3-2-4-16(13)20)19(10)9-11-5-6-12(17)8-14(11)18/h5-8H,2-4,9H2,1H3. The smallest absolute Gasteiger partial charge is 0.164 e. The lowest BCUT2D eigenvalue weighted by atomic mass is 9.96. The van der Waals surface area contributed by atoms with E-state index in [1.807, 2.05) is 17.6 Å². The molecule has 3 rings (SSSR count). The number of Topliss-reactive ketones (excluding diaryl/α,β-unsaturated/α-hetero) is 1. The second-order valence-corrected chi connectivity index (χ2v) is 5.24. The van der Waals surface area contributed by atoms with E-state index in [0.29, 0.717) is 18.5 Å². The van der Waals surface area contributed by atoms with E-state index >= 15 is 0 Å². The summed E-state index contributed by atoms with van der Waals surface area (Å²) in [5.74, 6) is -0.964. The van der Waals surface area contributed by atoms with E-state index in [4.69, 9.17) is 0 Å². The van der Waals surface area contributed by atoms with Gasteiger partial charge in [0.2, 0.25) is 0 Å². The Morgan fingerprint density at radius 3 is 2.75 bits per heavy atom. The molecule has 1 aromatic carbocycles. The van der Waals surface area contributed by atoms with Gasteiger partial charge in [0.15, 0.2) is 5.78 Å². The first kappa shape index (κ1) is 13.0. The topological polar surface area (TPSA) is 22.0 Å². The molecule has 0 aliphatic heterocycles. The zero-order valence-corrected chi connectivity index (χ0v) is 11.2. The predicted octanol–water partition coefficient (Wildman–Crippen LogP) is 3.64. The molecule has 1 aliphatic carbocycles. The Labute approximate surface area is 116 Å². The van der Waals surface area contributed by atoms with Crippen LogP contribution in [0.4, 0.5) is 8.78 Å². The van der Waals surface area contributed by atoms with Gasteiger partial charge in [-0.05, 0) is 31.9 Å². The van der Waals surface area contributed by atoms with Gasteiger partial charge in [0.05, 0.1) is 6.54 Å². The van der Waals surface area contributed by atoms with Gasteiger partial charge in [0.25, 0.3) is 0 Å². The second kappa shape index (κ2) is 4.85. The molecule has 1 heterocycles. The van der Waals surface area contributed by atoms with Crippen molar-refractivity contribution in [1.82, 2.24) is 4.57 Å². The number of aromatic nitrogens is 1. The minimum absolute atomic E-state index is 0.160. The monoisotopic (exact) mass is 275 g/mol. The first-order valence-electron chi connectivity index (χ1n) is 6.72. The summed E-state index contributed by atoms with van der Waals surface area (Å²) in [6.07, 6.45) is 2.25. The van der Waals surface area contributed by atoms with Gasteiger partial charge in [-0.25, -0.2) is 8.78 Å². The van der Waals surface area contributed by atoms with Gasteiger partial charge >= 0.3 is 0 Å². The summed E-state index contributed by atoms with van der Waals surface area (Å²) in [6.45, 7) is 2.24. The fourth-order valence-corrected chi connectivity index (χ4v) is 2.83. The fourth-order valence-electron chi connectivity index (χ4n) is 2.83. The van der Waals surface area contributed by atoms with E-state index in [0.717, 1.165) is 35.9 Å². The van der Waals surface area contributed by atoms with Crippen LogP contribution in [0.2, 0.25) is 0 Å². The fraction of sp³-hybridized carbons (Fsp3) is 0.312. The number of hydrogen-bond donors (Lipinski definition) is 0. The predicted molar refractivity (Wildman–Crippen MR) is 71.9 cm³/mol. The summed E-state index contributed by atoms with van der Waals surface area (Å²) in [7, 11) is 0. The van der Waals surface area contributed by atoms with Crippen LogP contribution in [-0.4, -0.2) is 10.4 Å². The van der Waals surface area contributed by atoms with E-state index < -0.39 is 11.6 Å². The molecule has 0 spiro atoms. The minimum Gasteiger partial charge on any atom is -0.344 e. The molecular formula is C16H15F2NO. The summed E-state index contributed by atoms with van der Waals surface area (Å²) in [5.41, 5.74) is 3.11. The molecule has 0 saturated heterocycles. The van der Waals surface area contributed by atoms with E-state index in [1.54, 1.807) is 0 Å². The van der Waals surface area contributed by atoms with Crippen molar-refractivity contribution < 1.29 is 13.6 Å². The van der Waals surface area contributed by atoms with E-state index in [2.05, 4.69) is 0 Å². The van der Waals surface area contributed by atoms with Crippen LogP contribution in [0.25, 0.3) is 0 Å². The lowest BCUT2D eigenvalue weighted by Crippen LogP contribution is -2.14. The number of hydrogen-bond acceptors (Lipinski definition) is 1. The Hall–Kier alpha value is -1.97. The molecule has 4 heteroatoms. The third-order valence-electron chi connectivity index (χ3n) is 3.88. The number of aryl methyl sites for hydroxylation is 1. The normalized spacial score (nSPS) is 14.4. The van der Waals surface area contributed by atoms with Crippen molar-refractivity contribution >= 4 is 5.78 Å². The van der Waals surface area contributed by atoms with Crippen LogP contribution in [-0.2, 0) is 13.0 Å². The van der Waals surface area contributed by atoms with Crippen LogP contribution in [0.15, 0.2) is 24.3 Å². The molecule has 2 nitrogen and oxygen atoms in total. The second-order valence-electron chi connectivity index (χ2n) is 5.24. The van der Waals surface area contributed by atoms with Gasteiger partial charge in [-0.15, -0.1) is 0 Å². The molecule has 0 bridgehead atoms. The summed E-state index contributed by atoms with van der Waals surface area (Å²) in [4.78, 5) is 11.9. The zero-order valence-electron chi connectivity index (χ0n) is 11.2. The van der Waals surface area contributed by atoms with Crippen LogP contribution in [0.1, 0.15) is 40.2 Å². The van der Waals surface area contributed by atoms with Crippen molar-refractivity contribution in [3.8, 4) is 0 Å². The van der Waals surface area contributed by atoms with Gasteiger partial charge in [-0.2, -0.15) is 0 Å². The summed E-state index contributed by atoms with van der Waals surface area (Å²) >= 11 is 0. The summed E-state index contributed by atoms with van der Waals surface area (Å²) in [6, 6.07) is 5.49. The van der Waals surface area contributed by atoms with Gasteiger partial charge in [0.1, 0.15) is 11.6 Å². The molecule has 104 valence electrons. The first-order valence-corrected chi connectivity index (χ1v) is 6.72. The molecule has 20 heavy (non-hydrogen) atoms. The molecule has 0 saturated carbocycles. The largest absolute Gasteiger partial charge is 0.344 e. The third-order valence-corrected chi connectivity index (χ3v) is 3.88. The van der Waals surface area contributed by atoms with Gasteiger partial charge in [-0.3, -0.25) is 4.79 Å². The third kappa shape index (κ3) is 2.15. The van der Waals surface area contributed by atoms with Crippen LogP contribution >= 0.6 is 0 Å². The van der Waals surface area contributed by atoms with Crippen molar-refractivity contribution in [3.63, 3.8) is 0 Å². The quantitative estimate of drug-likeness (QED) is 0.820. The SMILES string of the molecule is Cc1cc2c(n1Cc1ccc(F)cc1F)CCCC2=O. The van der Waals surface area contributed by atoms with Gasteiger partial charge in [-0.1, -0.05) is 6.07 Å². The summed E-state index contributed by atoms with van der Waals surface area (Å²) in [5, 5.41) is 0. The highest BCUT2D eigenvalue weighted by Gasteiger charge is 2.22. The molecule has 0 radical (unpaired) electrons. The molecule has 0 fully saturated rings. The molecule has 0 atom stereocenters. The number of rotatable bonds is 2. The zero-order chi connectivity index (χ0) is 14.3.